The number of aryl methyl sites for hydroxylation is 1. The summed E-state index contributed by atoms with van der Waals surface area (Å²) in [6.45, 7) is 3.06. The fourth-order valence-corrected chi connectivity index (χ4v) is 3.28. The van der Waals surface area contributed by atoms with Gasteiger partial charge in [-0.3, -0.25) is 4.21 Å². The molecule has 0 unspecified atom stereocenters. The molecule has 1 N–H and O–H groups in total. The second-order valence-corrected chi connectivity index (χ2v) is 5.77. The molecule has 1 aliphatic rings. The van der Waals surface area contributed by atoms with Crippen LogP contribution in [0.25, 0.3) is 0 Å². The van der Waals surface area contributed by atoms with Gasteiger partial charge in [0.05, 0.1) is 10.8 Å². The molecule has 2 atom stereocenters. The molecule has 1 saturated heterocycles. The van der Waals surface area contributed by atoms with Crippen molar-refractivity contribution in [3.8, 4) is 0 Å². The molecule has 0 aliphatic carbocycles. The Morgan fingerprint density at radius 1 is 1.56 bits per heavy atom. The third-order valence-corrected chi connectivity index (χ3v) is 4.28. The Morgan fingerprint density at radius 2 is 2.44 bits per heavy atom. The molecular formula is C12H18N2OS. The number of aromatic nitrogens is 1. The Morgan fingerprint density at radius 3 is 3.12 bits per heavy atom. The van der Waals surface area contributed by atoms with Gasteiger partial charge >= 0.3 is 0 Å². The normalized spacial score (nSPS) is 22.9. The van der Waals surface area contributed by atoms with Crippen molar-refractivity contribution in [3.05, 3.63) is 23.9 Å². The first kappa shape index (κ1) is 11.7. The molecule has 0 aromatic carbocycles. The quantitative estimate of drug-likeness (QED) is 0.870. The monoisotopic (exact) mass is 238 g/mol. The van der Waals surface area contributed by atoms with Gasteiger partial charge < -0.3 is 5.32 Å². The molecule has 1 aromatic rings. The number of nitrogens with one attached hydrogen (secondary N) is 1. The van der Waals surface area contributed by atoms with Crippen LogP contribution >= 0.6 is 0 Å². The van der Waals surface area contributed by atoms with Gasteiger partial charge in [0, 0.05) is 18.0 Å². The van der Waals surface area contributed by atoms with Crippen molar-refractivity contribution in [1.82, 2.24) is 10.3 Å². The lowest BCUT2D eigenvalue weighted by atomic mass is 10.1. The van der Waals surface area contributed by atoms with E-state index in [1.54, 1.807) is 6.20 Å². The maximum absolute atomic E-state index is 12.1. The van der Waals surface area contributed by atoms with Crippen molar-refractivity contribution in [2.24, 2.45) is 0 Å². The van der Waals surface area contributed by atoms with Gasteiger partial charge in [0.1, 0.15) is 5.03 Å². The molecule has 2 rings (SSSR count). The average Bonchev–Trinajstić information content (AvgIpc) is 2.30. The van der Waals surface area contributed by atoms with Gasteiger partial charge in [0.2, 0.25) is 0 Å². The second-order valence-electron chi connectivity index (χ2n) is 4.33. The molecule has 0 bridgehead atoms. The van der Waals surface area contributed by atoms with E-state index in [2.05, 4.69) is 10.3 Å². The molecule has 3 nitrogen and oxygen atoms in total. The molecular weight excluding hydrogens is 220 g/mol. The summed E-state index contributed by atoms with van der Waals surface area (Å²) in [5, 5.41) is 4.13. The van der Waals surface area contributed by atoms with Crippen molar-refractivity contribution in [2.45, 2.75) is 37.3 Å². The minimum absolute atomic E-state index is 0.400. The lowest BCUT2D eigenvalue weighted by Crippen LogP contribution is -2.38. The zero-order chi connectivity index (χ0) is 11.4. The number of nitrogens with zero attached hydrogens (tertiary/aromatic N) is 1. The zero-order valence-corrected chi connectivity index (χ0v) is 10.4. The van der Waals surface area contributed by atoms with E-state index in [0.717, 1.165) is 18.5 Å². The predicted octanol–water partition coefficient (Wildman–Crippen LogP) is 1.64. The summed E-state index contributed by atoms with van der Waals surface area (Å²) >= 11 is 0. The fraction of sp³-hybridized carbons (Fsp3) is 0.583. The van der Waals surface area contributed by atoms with E-state index in [-0.39, 0.29) is 0 Å². The Labute approximate surface area is 99.1 Å². The van der Waals surface area contributed by atoms with Crippen molar-refractivity contribution in [1.29, 1.82) is 0 Å². The van der Waals surface area contributed by atoms with E-state index in [4.69, 9.17) is 0 Å². The van der Waals surface area contributed by atoms with Crippen molar-refractivity contribution >= 4 is 10.8 Å². The number of pyridine rings is 1. The molecule has 0 spiro atoms. The molecule has 0 radical (unpaired) electrons. The Kier molecular flexibility index (Phi) is 4.07. The smallest absolute Gasteiger partial charge is 0.127 e. The van der Waals surface area contributed by atoms with Crippen LogP contribution in [0.1, 0.15) is 24.8 Å². The number of rotatable bonds is 3. The van der Waals surface area contributed by atoms with Gasteiger partial charge in [-0.2, -0.15) is 0 Å². The van der Waals surface area contributed by atoms with Crippen LogP contribution in [0.15, 0.2) is 23.4 Å². The van der Waals surface area contributed by atoms with Crippen LogP contribution in [-0.4, -0.2) is 27.5 Å². The minimum Gasteiger partial charge on any atom is -0.313 e. The third kappa shape index (κ3) is 3.12. The molecule has 88 valence electrons. The van der Waals surface area contributed by atoms with Crippen LogP contribution in [0.2, 0.25) is 0 Å². The van der Waals surface area contributed by atoms with Crippen LogP contribution in [0.4, 0.5) is 0 Å². The Balaban J connectivity index is 1.97. The highest BCUT2D eigenvalue weighted by Crippen LogP contribution is 2.12. The van der Waals surface area contributed by atoms with Gasteiger partial charge in [-0.1, -0.05) is 6.42 Å². The lowest BCUT2D eigenvalue weighted by Gasteiger charge is -2.22. The van der Waals surface area contributed by atoms with Gasteiger partial charge in [-0.05, 0) is 44.0 Å². The molecule has 4 heteroatoms. The Hall–Kier alpha value is -0.740. The van der Waals surface area contributed by atoms with Gasteiger partial charge in [-0.25, -0.2) is 4.98 Å². The van der Waals surface area contributed by atoms with Crippen LogP contribution in [0.3, 0.4) is 0 Å². The number of hydrogen-bond donors (Lipinski definition) is 1. The SMILES string of the molecule is Cc1ccnc([S@@](=O)C[C@H]2CCCCN2)c1. The molecule has 1 aromatic heterocycles. The maximum Gasteiger partial charge on any atom is 0.127 e. The van der Waals surface area contributed by atoms with Crippen LogP contribution in [0, 0.1) is 6.92 Å². The maximum atomic E-state index is 12.1. The topological polar surface area (TPSA) is 42.0 Å². The lowest BCUT2D eigenvalue weighted by molar-refractivity contribution is 0.427. The van der Waals surface area contributed by atoms with Crippen LogP contribution in [-0.2, 0) is 10.8 Å². The van der Waals surface area contributed by atoms with E-state index in [0.29, 0.717) is 16.8 Å². The molecule has 16 heavy (non-hydrogen) atoms. The Bertz CT molecular complexity index is 375. The van der Waals surface area contributed by atoms with Gasteiger partial charge in [0.25, 0.3) is 0 Å². The summed E-state index contributed by atoms with van der Waals surface area (Å²) in [5.41, 5.74) is 1.12. The van der Waals surface area contributed by atoms with E-state index in [1.807, 2.05) is 19.1 Å². The highest BCUT2D eigenvalue weighted by molar-refractivity contribution is 7.85. The van der Waals surface area contributed by atoms with E-state index >= 15 is 0 Å². The first-order valence-electron chi connectivity index (χ1n) is 5.80. The molecule has 2 heterocycles. The summed E-state index contributed by atoms with van der Waals surface area (Å²) in [5.74, 6) is 0.691. The average molecular weight is 238 g/mol. The summed E-state index contributed by atoms with van der Waals surface area (Å²) in [6.07, 6.45) is 5.36. The molecule has 0 saturated carbocycles. The molecule has 1 aliphatic heterocycles. The van der Waals surface area contributed by atoms with Crippen molar-refractivity contribution < 1.29 is 4.21 Å². The van der Waals surface area contributed by atoms with Crippen molar-refractivity contribution in [3.63, 3.8) is 0 Å². The number of piperidine rings is 1. The van der Waals surface area contributed by atoms with Crippen LogP contribution < -0.4 is 5.32 Å². The van der Waals surface area contributed by atoms with Crippen LogP contribution in [0.5, 0.6) is 0 Å². The van der Waals surface area contributed by atoms with E-state index < -0.39 is 10.8 Å². The first-order valence-corrected chi connectivity index (χ1v) is 7.12. The number of hydrogen-bond acceptors (Lipinski definition) is 3. The van der Waals surface area contributed by atoms with Gasteiger partial charge in [-0.15, -0.1) is 0 Å². The van der Waals surface area contributed by atoms with Gasteiger partial charge in [0.15, 0.2) is 0 Å². The highest BCUT2D eigenvalue weighted by Gasteiger charge is 2.17. The first-order chi connectivity index (χ1) is 7.75. The summed E-state index contributed by atoms with van der Waals surface area (Å²) in [4.78, 5) is 4.18. The summed E-state index contributed by atoms with van der Waals surface area (Å²) in [6, 6.07) is 4.25. The van der Waals surface area contributed by atoms with E-state index in [9.17, 15) is 4.21 Å². The molecule has 0 amide bonds. The zero-order valence-electron chi connectivity index (χ0n) is 9.61. The fourth-order valence-electron chi connectivity index (χ4n) is 1.97. The summed E-state index contributed by atoms with van der Waals surface area (Å²) < 4.78 is 12.1. The molecule has 1 fully saturated rings. The summed E-state index contributed by atoms with van der Waals surface area (Å²) in [7, 11) is -0.965. The highest BCUT2D eigenvalue weighted by atomic mass is 32.2. The van der Waals surface area contributed by atoms with E-state index in [1.165, 1.54) is 12.8 Å². The minimum atomic E-state index is -0.965. The van der Waals surface area contributed by atoms with Crippen molar-refractivity contribution in [2.75, 3.05) is 12.3 Å². The largest absolute Gasteiger partial charge is 0.313 e. The standard InChI is InChI=1S/C12H18N2OS/c1-10-5-7-14-12(8-10)16(15)9-11-4-2-3-6-13-11/h5,7-8,11,13H,2-4,6,9H2,1H3/t11-,16+/m1/s1. The predicted molar refractivity (Wildman–Crippen MR) is 65.9 cm³/mol. The third-order valence-electron chi connectivity index (χ3n) is 2.89. The second kappa shape index (κ2) is 5.55.